The lowest BCUT2D eigenvalue weighted by Crippen LogP contribution is -2.37. The molecule has 1 aromatic heterocycles. The second-order valence-corrected chi connectivity index (χ2v) is 5.81. The van der Waals surface area contributed by atoms with Gasteiger partial charge in [-0.05, 0) is 19.9 Å². The fourth-order valence-electron chi connectivity index (χ4n) is 2.33. The lowest BCUT2D eigenvalue weighted by atomic mass is 10.2. The van der Waals surface area contributed by atoms with Crippen LogP contribution >= 0.6 is 0 Å². The molecular formula is C19H26N4O2. The molecule has 134 valence electrons. The zero-order valence-electron chi connectivity index (χ0n) is 14.9. The van der Waals surface area contributed by atoms with Gasteiger partial charge < -0.3 is 20.1 Å². The highest BCUT2D eigenvalue weighted by atomic mass is 16.5. The predicted octanol–water partition coefficient (Wildman–Crippen LogP) is 3.33. The van der Waals surface area contributed by atoms with Crippen molar-refractivity contribution in [2.45, 2.75) is 13.8 Å². The molecule has 1 aliphatic rings. The number of anilines is 2. The molecule has 1 saturated heterocycles. The Hall–Kier alpha value is -2.60. The average Bonchev–Trinajstić information content (AvgIpc) is 2.64. The molecule has 0 saturated carbocycles. The van der Waals surface area contributed by atoms with Gasteiger partial charge in [0.15, 0.2) is 5.82 Å². The highest BCUT2D eigenvalue weighted by Crippen LogP contribution is 2.22. The first-order valence-corrected chi connectivity index (χ1v) is 8.38. The number of nitrogens with one attached hydrogen (secondary N) is 1. The number of morpholine rings is 1. The molecule has 2 N–H and O–H groups in total. The summed E-state index contributed by atoms with van der Waals surface area (Å²) in [6.45, 7) is 11.4. The number of allylic oxidation sites excluding steroid dienone is 5. The van der Waals surface area contributed by atoms with Crippen molar-refractivity contribution in [3.8, 4) is 0 Å². The van der Waals surface area contributed by atoms with Gasteiger partial charge in [-0.3, -0.25) is 0 Å². The van der Waals surface area contributed by atoms with Crippen LogP contribution in [-0.2, 0) is 4.74 Å². The minimum Gasteiger partial charge on any atom is -0.516 e. The Morgan fingerprint density at radius 2 is 2.16 bits per heavy atom. The Labute approximate surface area is 149 Å². The Kier molecular flexibility index (Phi) is 7.22. The number of nitrogens with zero attached hydrogens (tertiary/aromatic N) is 3. The van der Waals surface area contributed by atoms with Gasteiger partial charge in [0.25, 0.3) is 0 Å². The summed E-state index contributed by atoms with van der Waals surface area (Å²) < 4.78 is 5.42. The van der Waals surface area contributed by atoms with Crippen LogP contribution in [-0.4, -0.2) is 47.9 Å². The van der Waals surface area contributed by atoms with Crippen molar-refractivity contribution in [3.63, 3.8) is 0 Å². The van der Waals surface area contributed by atoms with Crippen molar-refractivity contribution in [2.75, 3.05) is 43.1 Å². The van der Waals surface area contributed by atoms with Gasteiger partial charge in [-0.15, -0.1) is 0 Å². The van der Waals surface area contributed by atoms with E-state index in [1.165, 1.54) is 0 Å². The Morgan fingerprint density at radius 1 is 1.40 bits per heavy atom. The molecule has 1 fully saturated rings. The van der Waals surface area contributed by atoms with E-state index in [0.717, 1.165) is 42.1 Å². The first-order chi connectivity index (χ1) is 12.1. The van der Waals surface area contributed by atoms with Gasteiger partial charge in [-0.25, -0.2) is 9.97 Å². The lowest BCUT2D eigenvalue weighted by molar-refractivity contribution is 0.122. The van der Waals surface area contributed by atoms with E-state index >= 15 is 0 Å². The molecule has 0 spiro atoms. The topological polar surface area (TPSA) is 70.5 Å². The minimum absolute atomic E-state index is 0.552. The summed E-state index contributed by atoms with van der Waals surface area (Å²) in [5.74, 6) is 2.12. The Balaban J connectivity index is 2.41. The molecule has 6 nitrogen and oxygen atoms in total. The van der Waals surface area contributed by atoms with Crippen LogP contribution in [0.25, 0.3) is 5.57 Å². The largest absolute Gasteiger partial charge is 0.516 e. The third kappa shape index (κ3) is 5.76. The van der Waals surface area contributed by atoms with E-state index < -0.39 is 0 Å². The van der Waals surface area contributed by atoms with E-state index in [-0.39, 0.29) is 0 Å². The maximum absolute atomic E-state index is 9.21. The van der Waals surface area contributed by atoms with E-state index in [9.17, 15) is 5.11 Å². The molecule has 0 aromatic carbocycles. The summed E-state index contributed by atoms with van der Waals surface area (Å²) in [6.07, 6.45) is 8.26. The van der Waals surface area contributed by atoms with E-state index in [2.05, 4.69) is 26.8 Å². The average molecular weight is 342 g/mol. The highest BCUT2D eigenvalue weighted by Gasteiger charge is 2.16. The minimum atomic E-state index is 0.552. The van der Waals surface area contributed by atoms with Crippen molar-refractivity contribution in [3.05, 3.63) is 54.6 Å². The molecule has 1 aromatic rings. The predicted molar refractivity (Wildman–Crippen MR) is 103 cm³/mol. The van der Waals surface area contributed by atoms with Crippen molar-refractivity contribution < 1.29 is 9.84 Å². The van der Waals surface area contributed by atoms with Gasteiger partial charge >= 0.3 is 0 Å². The van der Waals surface area contributed by atoms with Gasteiger partial charge in [0.1, 0.15) is 11.6 Å². The summed E-state index contributed by atoms with van der Waals surface area (Å²) in [7, 11) is 0. The summed E-state index contributed by atoms with van der Waals surface area (Å²) >= 11 is 0. The van der Waals surface area contributed by atoms with E-state index in [1.807, 2.05) is 38.1 Å². The van der Waals surface area contributed by atoms with E-state index in [4.69, 9.17) is 4.74 Å². The molecular weight excluding hydrogens is 316 g/mol. The van der Waals surface area contributed by atoms with Crippen molar-refractivity contribution in [1.29, 1.82) is 0 Å². The van der Waals surface area contributed by atoms with Gasteiger partial charge in [0.2, 0.25) is 0 Å². The lowest BCUT2D eigenvalue weighted by Gasteiger charge is -2.28. The number of hydrogen-bond acceptors (Lipinski definition) is 6. The number of ether oxygens (including phenoxy) is 1. The van der Waals surface area contributed by atoms with Crippen LogP contribution in [0.1, 0.15) is 19.7 Å². The molecule has 0 aliphatic carbocycles. The second kappa shape index (κ2) is 9.64. The maximum atomic E-state index is 9.21. The maximum Gasteiger partial charge on any atom is 0.163 e. The van der Waals surface area contributed by atoms with E-state index in [1.54, 1.807) is 6.08 Å². The quantitative estimate of drug-likeness (QED) is 0.450. The molecule has 2 heterocycles. The number of rotatable bonds is 7. The van der Waals surface area contributed by atoms with Crippen LogP contribution in [0.2, 0.25) is 0 Å². The SMILES string of the molecule is C=C(C)CNc1cc(N2CCOCC2)nc(C(/C=C/O)=C/C=C\C)n1. The van der Waals surface area contributed by atoms with Crippen LogP contribution in [0.3, 0.4) is 0 Å². The van der Waals surface area contributed by atoms with Crippen molar-refractivity contribution in [1.82, 2.24) is 9.97 Å². The highest BCUT2D eigenvalue weighted by molar-refractivity contribution is 5.72. The number of aliphatic hydroxyl groups excluding tert-OH is 1. The molecule has 6 heteroatoms. The fourth-order valence-corrected chi connectivity index (χ4v) is 2.33. The Morgan fingerprint density at radius 3 is 2.80 bits per heavy atom. The summed E-state index contributed by atoms with van der Waals surface area (Å²) in [5, 5.41) is 12.5. The molecule has 0 radical (unpaired) electrons. The number of hydrogen-bond donors (Lipinski definition) is 2. The summed E-state index contributed by atoms with van der Waals surface area (Å²) in [5.41, 5.74) is 1.75. The molecule has 0 amide bonds. The van der Waals surface area contributed by atoms with Crippen LogP contribution in [0.4, 0.5) is 11.6 Å². The molecule has 1 aliphatic heterocycles. The van der Waals surface area contributed by atoms with Crippen LogP contribution in [0, 0.1) is 0 Å². The monoisotopic (exact) mass is 342 g/mol. The molecule has 0 bridgehead atoms. The van der Waals surface area contributed by atoms with Crippen molar-refractivity contribution in [2.24, 2.45) is 0 Å². The zero-order valence-corrected chi connectivity index (χ0v) is 14.9. The smallest absolute Gasteiger partial charge is 0.163 e. The zero-order chi connectivity index (χ0) is 18.1. The molecule has 0 unspecified atom stereocenters. The molecule has 2 rings (SSSR count). The molecule has 25 heavy (non-hydrogen) atoms. The van der Waals surface area contributed by atoms with E-state index in [0.29, 0.717) is 25.6 Å². The van der Waals surface area contributed by atoms with Gasteiger partial charge in [0, 0.05) is 31.3 Å². The van der Waals surface area contributed by atoms with Crippen LogP contribution < -0.4 is 10.2 Å². The molecule has 0 atom stereocenters. The summed E-state index contributed by atoms with van der Waals surface area (Å²) in [6, 6.07) is 1.94. The van der Waals surface area contributed by atoms with Gasteiger partial charge in [0.05, 0.1) is 19.5 Å². The van der Waals surface area contributed by atoms with Crippen molar-refractivity contribution >= 4 is 17.2 Å². The number of aliphatic hydroxyl groups is 1. The Bertz CT molecular complexity index is 674. The normalized spacial score (nSPS) is 15.9. The first-order valence-electron chi connectivity index (χ1n) is 8.38. The number of aromatic nitrogens is 2. The third-order valence-electron chi connectivity index (χ3n) is 3.60. The first kappa shape index (κ1) is 18.7. The van der Waals surface area contributed by atoms with Gasteiger partial charge in [-0.1, -0.05) is 30.4 Å². The second-order valence-electron chi connectivity index (χ2n) is 5.81. The van der Waals surface area contributed by atoms with Gasteiger partial charge in [-0.2, -0.15) is 0 Å². The van der Waals surface area contributed by atoms with Crippen LogP contribution in [0.5, 0.6) is 0 Å². The standard InChI is InChI=1S/C19H26N4O2/c1-4-5-6-16(7-10-24)19-21-17(20-14-15(2)3)13-18(22-19)23-8-11-25-12-9-23/h4-7,10,13,24H,2,8-9,11-12,14H2,1,3H3,(H,20,21,22)/b5-4-,10-7+,16-6+. The third-order valence-corrected chi connectivity index (χ3v) is 3.60. The summed E-state index contributed by atoms with van der Waals surface area (Å²) in [4.78, 5) is 11.5. The van der Waals surface area contributed by atoms with Crippen LogP contribution in [0.15, 0.2) is 48.8 Å². The fraction of sp³-hybridized carbons (Fsp3) is 0.368.